The van der Waals surface area contributed by atoms with E-state index in [0.29, 0.717) is 5.56 Å². The van der Waals surface area contributed by atoms with Gasteiger partial charge in [0.05, 0.1) is 0 Å². The normalized spacial score (nSPS) is 9.90. The molecule has 0 amide bonds. The van der Waals surface area contributed by atoms with Gasteiger partial charge in [0, 0.05) is 6.54 Å². The molecule has 0 saturated heterocycles. The zero-order valence-electron chi connectivity index (χ0n) is 5.20. The molecule has 1 aromatic carbocycles. The quantitative estimate of drug-likeness (QED) is 0.570. The fourth-order valence-electron chi connectivity index (χ4n) is 0.650. The first kappa shape index (κ1) is 7.15. The van der Waals surface area contributed by atoms with Crippen LogP contribution >= 0.6 is 0 Å². The standard InChI is InChI=1S/C7H6F2N/c8-6-2-1-5(4-10)3-7(6)9/h1-3,10H,4H2. The van der Waals surface area contributed by atoms with E-state index in [2.05, 4.69) is 0 Å². The Morgan fingerprint density at radius 1 is 1.20 bits per heavy atom. The van der Waals surface area contributed by atoms with Crippen LogP contribution in [0, 0.1) is 11.6 Å². The molecule has 53 valence electrons. The highest BCUT2D eigenvalue weighted by Gasteiger charge is 1.99. The first-order valence-corrected chi connectivity index (χ1v) is 2.82. The van der Waals surface area contributed by atoms with Gasteiger partial charge in [-0.3, -0.25) is 5.73 Å². The molecule has 3 heteroatoms. The molecule has 1 nitrogen and oxygen atoms in total. The molecule has 10 heavy (non-hydrogen) atoms. The van der Waals surface area contributed by atoms with Crippen molar-refractivity contribution in [2.45, 2.75) is 6.54 Å². The second-order valence-corrected chi connectivity index (χ2v) is 1.93. The highest BCUT2D eigenvalue weighted by Crippen LogP contribution is 2.07. The Bertz CT molecular complexity index is 235. The van der Waals surface area contributed by atoms with Crippen LogP contribution < -0.4 is 5.73 Å². The van der Waals surface area contributed by atoms with Gasteiger partial charge in [0.25, 0.3) is 0 Å². The Labute approximate surface area is 57.5 Å². The topological polar surface area (TPSA) is 23.8 Å². The summed E-state index contributed by atoms with van der Waals surface area (Å²) in [6.07, 6.45) is 0. The first-order valence-electron chi connectivity index (χ1n) is 2.82. The summed E-state index contributed by atoms with van der Waals surface area (Å²) in [6.45, 7) is -0.0167. The smallest absolute Gasteiger partial charge is 0.159 e. The summed E-state index contributed by atoms with van der Waals surface area (Å²) < 4.78 is 24.5. The molecule has 0 spiro atoms. The second-order valence-electron chi connectivity index (χ2n) is 1.93. The molecule has 0 aliphatic carbocycles. The van der Waals surface area contributed by atoms with Crippen molar-refractivity contribution in [2.75, 3.05) is 0 Å². The van der Waals surface area contributed by atoms with Crippen LogP contribution in [-0.2, 0) is 6.54 Å². The maximum absolute atomic E-state index is 12.3. The third-order valence-corrected chi connectivity index (χ3v) is 1.19. The summed E-state index contributed by atoms with van der Waals surface area (Å²) in [7, 11) is 0. The Morgan fingerprint density at radius 2 is 1.90 bits per heavy atom. The van der Waals surface area contributed by atoms with Gasteiger partial charge in [0.2, 0.25) is 0 Å². The van der Waals surface area contributed by atoms with E-state index in [0.717, 1.165) is 12.1 Å². The number of benzene rings is 1. The fourth-order valence-corrected chi connectivity index (χ4v) is 0.650. The van der Waals surface area contributed by atoms with E-state index in [-0.39, 0.29) is 6.54 Å². The molecule has 0 aliphatic rings. The van der Waals surface area contributed by atoms with Crippen molar-refractivity contribution in [2.24, 2.45) is 0 Å². The largest absolute Gasteiger partial charge is 0.253 e. The van der Waals surface area contributed by atoms with E-state index in [1.54, 1.807) is 0 Å². The zero-order chi connectivity index (χ0) is 7.56. The lowest BCUT2D eigenvalue weighted by Crippen LogP contribution is -1.89. The maximum atomic E-state index is 12.3. The number of halogens is 2. The summed E-state index contributed by atoms with van der Waals surface area (Å²) in [4.78, 5) is 0. The van der Waals surface area contributed by atoms with Crippen LogP contribution in [0.5, 0.6) is 0 Å². The Kier molecular flexibility index (Phi) is 1.97. The monoisotopic (exact) mass is 142 g/mol. The van der Waals surface area contributed by atoms with Crippen molar-refractivity contribution >= 4 is 0 Å². The van der Waals surface area contributed by atoms with Crippen LogP contribution in [0.1, 0.15) is 5.56 Å². The summed E-state index contributed by atoms with van der Waals surface area (Å²) >= 11 is 0. The van der Waals surface area contributed by atoms with Crippen LogP contribution in [0.3, 0.4) is 0 Å². The second kappa shape index (κ2) is 2.75. The zero-order valence-corrected chi connectivity index (χ0v) is 5.20. The van der Waals surface area contributed by atoms with Gasteiger partial charge >= 0.3 is 0 Å². The van der Waals surface area contributed by atoms with Crippen molar-refractivity contribution in [1.82, 2.24) is 5.73 Å². The molecule has 0 heterocycles. The molecule has 1 N–H and O–H groups in total. The number of rotatable bonds is 1. The molecule has 0 bridgehead atoms. The van der Waals surface area contributed by atoms with Gasteiger partial charge in [-0.25, -0.2) is 8.78 Å². The lowest BCUT2D eigenvalue weighted by Gasteiger charge is -1.95. The Balaban J connectivity index is 3.04. The molecule has 0 atom stereocenters. The third-order valence-electron chi connectivity index (χ3n) is 1.19. The van der Waals surface area contributed by atoms with E-state index < -0.39 is 11.6 Å². The maximum Gasteiger partial charge on any atom is 0.159 e. The minimum Gasteiger partial charge on any atom is -0.253 e. The van der Waals surface area contributed by atoms with Gasteiger partial charge < -0.3 is 0 Å². The van der Waals surface area contributed by atoms with E-state index in [9.17, 15) is 8.78 Å². The average molecular weight is 142 g/mol. The summed E-state index contributed by atoms with van der Waals surface area (Å²) in [5.41, 5.74) is 7.31. The lowest BCUT2D eigenvalue weighted by molar-refractivity contribution is 0.507. The van der Waals surface area contributed by atoms with Crippen LogP contribution in [0.2, 0.25) is 0 Å². The van der Waals surface area contributed by atoms with Crippen molar-refractivity contribution in [3.8, 4) is 0 Å². The van der Waals surface area contributed by atoms with Gasteiger partial charge in [-0.15, -0.1) is 0 Å². The molecule has 1 radical (unpaired) electrons. The molecule has 0 aromatic heterocycles. The van der Waals surface area contributed by atoms with Gasteiger partial charge in [-0.2, -0.15) is 0 Å². The van der Waals surface area contributed by atoms with E-state index in [1.165, 1.54) is 6.07 Å². The molecule has 0 fully saturated rings. The lowest BCUT2D eigenvalue weighted by atomic mass is 10.2. The number of hydrogen-bond acceptors (Lipinski definition) is 0. The molecule has 0 saturated carbocycles. The van der Waals surface area contributed by atoms with Crippen LogP contribution in [0.25, 0.3) is 0 Å². The summed E-state index contributed by atoms with van der Waals surface area (Å²) in [5, 5.41) is 0. The van der Waals surface area contributed by atoms with E-state index in [4.69, 9.17) is 5.73 Å². The molecule has 1 aromatic rings. The van der Waals surface area contributed by atoms with Gasteiger partial charge in [-0.1, -0.05) is 6.07 Å². The van der Waals surface area contributed by atoms with Crippen molar-refractivity contribution in [3.63, 3.8) is 0 Å². The summed E-state index contributed by atoms with van der Waals surface area (Å²) in [6, 6.07) is 3.45. The van der Waals surface area contributed by atoms with E-state index >= 15 is 0 Å². The summed E-state index contributed by atoms with van der Waals surface area (Å²) in [5.74, 6) is -1.75. The molecule has 0 aliphatic heterocycles. The van der Waals surface area contributed by atoms with Crippen molar-refractivity contribution in [3.05, 3.63) is 35.4 Å². The average Bonchev–Trinajstić information content (AvgIpc) is 1.95. The van der Waals surface area contributed by atoms with Crippen LogP contribution in [0.15, 0.2) is 18.2 Å². The highest BCUT2D eigenvalue weighted by atomic mass is 19.2. The Morgan fingerprint density at radius 3 is 2.40 bits per heavy atom. The third kappa shape index (κ3) is 1.30. The van der Waals surface area contributed by atoms with Crippen LogP contribution in [-0.4, -0.2) is 0 Å². The predicted molar refractivity (Wildman–Crippen MR) is 33.2 cm³/mol. The Hall–Kier alpha value is -0.960. The fraction of sp³-hybridized carbons (Fsp3) is 0.143. The SMILES string of the molecule is [NH]Cc1ccc(F)c(F)c1. The highest BCUT2D eigenvalue weighted by molar-refractivity contribution is 5.16. The molecular formula is C7H6F2N. The number of nitrogens with one attached hydrogen (secondary N) is 1. The predicted octanol–water partition coefficient (Wildman–Crippen LogP) is 1.75. The number of hydrogen-bond donors (Lipinski definition) is 0. The molecule has 0 unspecified atom stereocenters. The molecular weight excluding hydrogens is 136 g/mol. The minimum absolute atomic E-state index is 0.0167. The molecule has 1 rings (SSSR count). The van der Waals surface area contributed by atoms with Crippen molar-refractivity contribution < 1.29 is 8.78 Å². The van der Waals surface area contributed by atoms with Crippen LogP contribution in [0.4, 0.5) is 8.78 Å². The van der Waals surface area contributed by atoms with E-state index in [1.807, 2.05) is 0 Å². The van der Waals surface area contributed by atoms with Gasteiger partial charge in [0.1, 0.15) is 0 Å². The van der Waals surface area contributed by atoms with Gasteiger partial charge in [0.15, 0.2) is 11.6 Å². The van der Waals surface area contributed by atoms with Crippen molar-refractivity contribution in [1.29, 1.82) is 0 Å². The van der Waals surface area contributed by atoms with Gasteiger partial charge in [-0.05, 0) is 17.7 Å². The first-order chi connectivity index (χ1) is 4.74. The minimum atomic E-state index is -0.884.